The molecule has 0 saturated heterocycles. The molecule has 4 nitrogen and oxygen atoms in total. The molecule has 106 valence electrons. The van der Waals surface area contributed by atoms with E-state index in [2.05, 4.69) is 4.90 Å². The summed E-state index contributed by atoms with van der Waals surface area (Å²) in [6, 6.07) is 7.99. The van der Waals surface area contributed by atoms with Crippen LogP contribution in [0.5, 0.6) is 5.75 Å². The van der Waals surface area contributed by atoms with Gasteiger partial charge in [-0.25, -0.2) is 0 Å². The lowest BCUT2D eigenvalue weighted by molar-refractivity contribution is -0.143. The van der Waals surface area contributed by atoms with Crippen molar-refractivity contribution in [1.82, 2.24) is 4.90 Å². The molecule has 19 heavy (non-hydrogen) atoms. The van der Waals surface area contributed by atoms with Crippen LogP contribution in [0.1, 0.15) is 18.9 Å². The summed E-state index contributed by atoms with van der Waals surface area (Å²) in [5.74, 6) is 0.734. The van der Waals surface area contributed by atoms with Gasteiger partial charge in [-0.05, 0) is 33.0 Å². The van der Waals surface area contributed by atoms with Crippen LogP contribution >= 0.6 is 0 Å². The molecule has 0 bridgehead atoms. The lowest BCUT2D eigenvalue weighted by Crippen LogP contribution is -2.27. The highest BCUT2D eigenvalue weighted by Gasteiger charge is 2.05. The number of hydrogen-bond donors (Lipinski definition) is 0. The topological polar surface area (TPSA) is 38.8 Å². The molecule has 0 aromatic heterocycles. The van der Waals surface area contributed by atoms with E-state index >= 15 is 0 Å². The highest BCUT2D eigenvalue weighted by Crippen LogP contribution is 2.11. The summed E-state index contributed by atoms with van der Waals surface area (Å²) in [6.07, 6.45) is 0.425. The van der Waals surface area contributed by atoms with Gasteiger partial charge in [0.1, 0.15) is 12.4 Å². The second-order valence-electron chi connectivity index (χ2n) is 4.52. The average molecular weight is 265 g/mol. The van der Waals surface area contributed by atoms with Crippen molar-refractivity contribution in [3.8, 4) is 5.75 Å². The van der Waals surface area contributed by atoms with Crippen LogP contribution in [0.25, 0.3) is 0 Å². The number of likely N-dealkylation sites (N-methyl/N-ethyl adjacent to an activating group) is 1. The first-order chi connectivity index (χ1) is 9.11. The minimum atomic E-state index is -0.145. The number of ether oxygens (including phenoxy) is 2. The van der Waals surface area contributed by atoms with E-state index in [0.29, 0.717) is 26.2 Å². The second-order valence-corrected chi connectivity index (χ2v) is 4.52. The third-order valence-corrected chi connectivity index (χ3v) is 2.77. The maximum Gasteiger partial charge on any atom is 0.307 e. The maximum atomic E-state index is 11.2. The Hall–Kier alpha value is -1.55. The quantitative estimate of drug-likeness (QED) is 0.676. The van der Waals surface area contributed by atoms with Gasteiger partial charge >= 0.3 is 5.97 Å². The number of carbonyl (C=O) groups excluding carboxylic acids is 1. The first kappa shape index (κ1) is 15.5. The molecule has 0 aliphatic carbocycles. The van der Waals surface area contributed by atoms with E-state index in [-0.39, 0.29) is 5.97 Å². The number of esters is 1. The first-order valence-electron chi connectivity index (χ1n) is 6.65. The molecule has 1 rings (SSSR count). The van der Waals surface area contributed by atoms with Crippen molar-refractivity contribution in [2.45, 2.75) is 20.3 Å². The lowest BCUT2D eigenvalue weighted by Gasteiger charge is -2.16. The van der Waals surface area contributed by atoms with Crippen LogP contribution in [-0.2, 0) is 9.53 Å². The van der Waals surface area contributed by atoms with Crippen LogP contribution in [-0.4, -0.2) is 44.2 Å². The van der Waals surface area contributed by atoms with Gasteiger partial charge in [0, 0.05) is 13.1 Å². The average Bonchev–Trinajstić information content (AvgIpc) is 2.39. The first-order valence-corrected chi connectivity index (χ1v) is 6.65. The van der Waals surface area contributed by atoms with E-state index in [4.69, 9.17) is 9.47 Å². The van der Waals surface area contributed by atoms with Crippen LogP contribution in [0, 0.1) is 6.92 Å². The van der Waals surface area contributed by atoms with Crippen molar-refractivity contribution >= 4 is 5.97 Å². The van der Waals surface area contributed by atoms with Crippen LogP contribution in [0.4, 0.5) is 0 Å². The van der Waals surface area contributed by atoms with Crippen LogP contribution < -0.4 is 4.74 Å². The van der Waals surface area contributed by atoms with Gasteiger partial charge in [-0.3, -0.25) is 4.79 Å². The van der Waals surface area contributed by atoms with E-state index in [1.165, 1.54) is 5.56 Å². The maximum absolute atomic E-state index is 11.2. The van der Waals surface area contributed by atoms with Crippen LogP contribution in [0.2, 0.25) is 0 Å². The summed E-state index contributed by atoms with van der Waals surface area (Å²) in [5.41, 5.74) is 1.22. The number of hydrogen-bond acceptors (Lipinski definition) is 4. The van der Waals surface area contributed by atoms with Gasteiger partial charge in [0.25, 0.3) is 0 Å². The Balaban J connectivity index is 2.14. The van der Waals surface area contributed by atoms with Crippen LogP contribution in [0.3, 0.4) is 0 Å². The Morgan fingerprint density at radius 2 is 1.89 bits per heavy atom. The number of carbonyl (C=O) groups is 1. The summed E-state index contributed by atoms with van der Waals surface area (Å²) in [4.78, 5) is 13.3. The minimum Gasteiger partial charge on any atom is -0.492 e. The van der Waals surface area contributed by atoms with E-state index < -0.39 is 0 Å². The summed E-state index contributed by atoms with van der Waals surface area (Å²) in [6.45, 7) is 6.40. The molecule has 0 amide bonds. The number of benzene rings is 1. The van der Waals surface area contributed by atoms with Gasteiger partial charge in [-0.15, -0.1) is 0 Å². The number of nitrogens with zero attached hydrogens (tertiary/aromatic N) is 1. The normalized spacial score (nSPS) is 10.5. The monoisotopic (exact) mass is 265 g/mol. The van der Waals surface area contributed by atoms with Gasteiger partial charge in [-0.1, -0.05) is 17.7 Å². The molecular weight excluding hydrogens is 242 g/mol. The Morgan fingerprint density at radius 3 is 2.53 bits per heavy atom. The molecule has 0 N–H and O–H groups in total. The van der Waals surface area contributed by atoms with Gasteiger partial charge in [0.2, 0.25) is 0 Å². The SMILES string of the molecule is CCOC(=O)CCN(C)CCOc1ccc(C)cc1. The van der Waals surface area contributed by atoms with Gasteiger partial charge in [-0.2, -0.15) is 0 Å². The smallest absolute Gasteiger partial charge is 0.307 e. The minimum absolute atomic E-state index is 0.145. The van der Waals surface area contributed by atoms with Gasteiger partial charge in [0.05, 0.1) is 13.0 Å². The summed E-state index contributed by atoms with van der Waals surface area (Å²) >= 11 is 0. The lowest BCUT2D eigenvalue weighted by atomic mass is 10.2. The van der Waals surface area contributed by atoms with E-state index in [9.17, 15) is 4.79 Å². The standard InChI is InChI=1S/C15H23NO3/c1-4-18-15(17)9-10-16(3)11-12-19-14-7-5-13(2)6-8-14/h5-8H,4,9-12H2,1-3H3. The molecule has 1 aromatic carbocycles. The fourth-order valence-corrected chi connectivity index (χ4v) is 1.58. The highest BCUT2D eigenvalue weighted by atomic mass is 16.5. The molecule has 0 unspecified atom stereocenters. The van der Waals surface area contributed by atoms with E-state index in [1.807, 2.05) is 45.2 Å². The molecule has 4 heteroatoms. The zero-order chi connectivity index (χ0) is 14.1. The number of rotatable bonds is 8. The third-order valence-electron chi connectivity index (χ3n) is 2.77. The predicted octanol–water partition coefficient (Wildman–Crippen LogP) is 2.26. The number of aryl methyl sites for hydroxylation is 1. The molecule has 0 heterocycles. The summed E-state index contributed by atoms with van der Waals surface area (Å²) < 4.78 is 10.5. The Bertz CT molecular complexity index is 375. The Labute approximate surface area is 115 Å². The third kappa shape index (κ3) is 6.82. The fraction of sp³-hybridized carbons (Fsp3) is 0.533. The van der Waals surface area contributed by atoms with Crippen LogP contribution in [0.15, 0.2) is 24.3 Å². The van der Waals surface area contributed by atoms with E-state index in [1.54, 1.807) is 0 Å². The van der Waals surface area contributed by atoms with Crippen molar-refractivity contribution in [2.24, 2.45) is 0 Å². The zero-order valence-electron chi connectivity index (χ0n) is 12.0. The molecule has 0 spiro atoms. The molecule has 0 aliphatic rings. The summed E-state index contributed by atoms with van der Waals surface area (Å²) in [5, 5.41) is 0. The summed E-state index contributed by atoms with van der Waals surface area (Å²) in [7, 11) is 1.97. The largest absolute Gasteiger partial charge is 0.492 e. The Kier molecular flexibility index (Phi) is 6.97. The van der Waals surface area contributed by atoms with Crippen molar-refractivity contribution in [1.29, 1.82) is 0 Å². The highest BCUT2D eigenvalue weighted by molar-refractivity contribution is 5.69. The molecule has 1 aromatic rings. The van der Waals surface area contributed by atoms with Crippen molar-refractivity contribution in [2.75, 3.05) is 33.4 Å². The zero-order valence-corrected chi connectivity index (χ0v) is 12.0. The second kappa shape index (κ2) is 8.53. The molecule has 0 atom stereocenters. The fourth-order valence-electron chi connectivity index (χ4n) is 1.58. The van der Waals surface area contributed by atoms with Gasteiger partial charge in [0.15, 0.2) is 0 Å². The molecular formula is C15H23NO3. The molecule has 0 saturated carbocycles. The molecule has 0 fully saturated rings. The van der Waals surface area contributed by atoms with Crippen molar-refractivity contribution < 1.29 is 14.3 Å². The van der Waals surface area contributed by atoms with Crippen molar-refractivity contribution in [3.63, 3.8) is 0 Å². The molecule has 0 radical (unpaired) electrons. The predicted molar refractivity (Wildman–Crippen MR) is 75.4 cm³/mol. The van der Waals surface area contributed by atoms with E-state index in [0.717, 1.165) is 12.3 Å². The Morgan fingerprint density at radius 1 is 1.21 bits per heavy atom. The van der Waals surface area contributed by atoms with Gasteiger partial charge < -0.3 is 14.4 Å². The molecule has 0 aliphatic heterocycles. The van der Waals surface area contributed by atoms with Crippen molar-refractivity contribution in [3.05, 3.63) is 29.8 Å².